The van der Waals surface area contributed by atoms with Crippen LogP contribution < -0.4 is 0 Å². The summed E-state index contributed by atoms with van der Waals surface area (Å²) in [6, 6.07) is 3.81. The van der Waals surface area contributed by atoms with E-state index >= 15 is 0 Å². The summed E-state index contributed by atoms with van der Waals surface area (Å²) in [6.07, 6.45) is 2.31. The minimum Gasteiger partial charge on any atom is -0.507 e. The van der Waals surface area contributed by atoms with E-state index in [2.05, 4.69) is 0 Å². The number of rotatable bonds is 4. The van der Waals surface area contributed by atoms with Crippen LogP contribution in [-0.4, -0.2) is 30.9 Å². The summed E-state index contributed by atoms with van der Waals surface area (Å²) in [5.41, 5.74) is 2.59. The SMILES string of the molecule is CCN1CC/C(=C\c2cc(C(C)C)c(O)c(C(C)C)c2)S1(=O)=O. The average Bonchev–Trinajstić information content (AvgIpc) is 2.74. The van der Waals surface area contributed by atoms with Crippen LogP contribution in [0.4, 0.5) is 0 Å². The van der Waals surface area contributed by atoms with Crippen molar-refractivity contribution in [2.45, 2.75) is 52.9 Å². The number of hydrogen-bond acceptors (Lipinski definition) is 3. The van der Waals surface area contributed by atoms with E-state index in [0.29, 0.717) is 30.2 Å². The molecule has 0 unspecified atom stereocenters. The summed E-state index contributed by atoms with van der Waals surface area (Å²) in [5.74, 6) is 0.693. The Bertz CT molecular complexity index is 689. The normalized spacial score (nSPS) is 20.0. The van der Waals surface area contributed by atoms with Gasteiger partial charge in [0.15, 0.2) is 0 Å². The molecule has 0 spiro atoms. The van der Waals surface area contributed by atoms with Crippen molar-refractivity contribution in [3.05, 3.63) is 33.7 Å². The number of aromatic hydroxyl groups is 1. The molecule has 1 saturated heterocycles. The van der Waals surface area contributed by atoms with Crippen LogP contribution in [0.2, 0.25) is 0 Å². The maximum atomic E-state index is 12.4. The Morgan fingerprint density at radius 1 is 1.17 bits per heavy atom. The third kappa shape index (κ3) is 3.45. The fourth-order valence-electron chi connectivity index (χ4n) is 2.98. The number of phenols is 1. The molecule has 1 aromatic rings. The lowest BCUT2D eigenvalue weighted by Gasteiger charge is -2.17. The van der Waals surface area contributed by atoms with E-state index in [0.717, 1.165) is 16.7 Å². The van der Waals surface area contributed by atoms with Gasteiger partial charge in [0.25, 0.3) is 0 Å². The van der Waals surface area contributed by atoms with Crippen molar-refractivity contribution in [1.29, 1.82) is 0 Å². The van der Waals surface area contributed by atoms with Gasteiger partial charge in [-0.3, -0.25) is 0 Å². The van der Waals surface area contributed by atoms with Crippen molar-refractivity contribution in [2.75, 3.05) is 13.1 Å². The molecule has 0 atom stereocenters. The monoisotopic (exact) mass is 337 g/mol. The van der Waals surface area contributed by atoms with E-state index in [1.807, 2.05) is 46.8 Å². The molecule has 0 saturated carbocycles. The Hall–Kier alpha value is -1.33. The molecule has 0 amide bonds. The predicted molar refractivity (Wildman–Crippen MR) is 95.0 cm³/mol. The summed E-state index contributed by atoms with van der Waals surface area (Å²) in [7, 11) is -3.32. The molecule has 23 heavy (non-hydrogen) atoms. The highest BCUT2D eigenvalue weighted by Crippen LogP contribution is 2.36. The minimum absolute atomic E-state index is 0.179. The Labute approximate surface area is 139 Å². The van der Waals surface area contributed by atoms with Gasteiger partial charge in [0, 0.05) is 13.1 Å². The fraction of sp³-hybridized carbons (Fsp3) is 0.556. The zero-order chi connectivity index (χ0) is 17.4. The number of sulfonamides is 1. The molecule has 2 rings (SSSR count). The van der Waals surface area contributed by atoms with Crippen molar-refractivity contribution in [2.24, 2.45) is 0 Å². The van der Waals surface area contributed by atoms with Crippen molar-refractivity contribution in [3.63, 3.8) is 0 Å². The second-order valence-electron chi connectivity index (χ2n) is 6.71. The first-order valence-electron chi connectivity index (χ1n) is 8.26. The Balaban J connectivity index is 2.55. The van der Waals surface area contributed by atoms with Crippen molar-refractivity contribution in [3.8, 4) is 5.75 Å². The van der Waals surface area contributed by atoms with E-state index in [1.54, 1.807) is 6.08 Å². The molecular formula is C18H27NO3S. The second kappa shape index (κ2) is 6.65. The standard InChI is InChI=1S/C18H27NO3S/c1-6-19-8-7-15(23(19,21)22)9-14-10-16(12(2)3)18(20)17(11-14)13(4)5/h9-13,20H,6-8H2,1-5H3/b15-9+. The van der Waals surface area contributed by atoms with Gasteiger partial charge in [0.05, 0.1) is 4.91 Å². The van der Waals surface area contributed by atoms with Crippen LogP contribution in [0.25, 0.3) is 6.08 Å². The van der Waals surface area contributed by atoms with Gasteiger partial charge in [-0.05, 0) is 53.2 Å². The zero-order valence-corrected chi connectivity index (χ0v) is 15.4. The minimum atomic E-state index is -3.32. The molecule has 1 aliphatic heterocycles. The van der Waals surface area contributed by atoms with E-state index < -0.39 is 10.0 Å². The molecule has 4 nitrogen and oxygen atoms in total. The van der Waals surface area contributed by atoms with E-state index in [1.165, 1.54) is 4.31 Å². The quantitative estimate of drug-likeness (QED) is 0.902. The molecule has 5 heteroatoms. The van der Waals surface area contributed by atoms with Crippen LogP contribution in [0.15, 0.2) is 17.0 Å². The molecule has 1 fully saturated rings. The van der Waals surface area contributed by atoms with Gasteiger partial charge < -0.3 is 5.11 Å². The van der Waals surface area contributed by atoms with Crippen molar-refractivity contribution >= 4 is 16.1 Å². The van der Waals surface area contributed by atoms with Gasteiger partial charge in [-0.2, -0.15) is 4.31 Å². The van der Waals surface area contributed by atoms with Crippen LogP contribution in [0, 0.1) is 0 Å². The van der Waals surface area contributed by atoms with Gasteiger partial charge >= 0.3 is 0 Å². The number of hydrogen-bond donors (Lipinski definition) is 1. The summed E-state index contributed by atoms with van der Waals surface area (Å²) in [4.78, 5) is 0.467. The van der Waals surface area contributed by atoms with Crippen LogP contribution in [0.5, 0.6) is 5.75 Å². The average molecular weight is 337 g/mol. The molecule has 0 aromatic heterocycles. The molecule has 1 heterocycles. The highest BCUT2D eigenvalue weighted by molar-refractivity contribution is 7.93. The van der Waals surface area contributed by atoms with Gasteiger partial charge in [-0.1, -0.05) is 34.6 Å². The van der Waals surface area contributed by atoms with Crippen molar-refractivity contribution in [1.82, 2.24) is 4.31 Å². The maximum Gasteiger partial charge on any atom is 0.239 e. The smallest absolute Gasteiger partial charge is 0.239 e. The first-order valence-corrected chi connectivity index (χ1v) is 9.70. The molecule has 1 aromatic carbocycles. The van der Waals surface area contributed by atoms with Crippen LogP contribution in [0.3, 0.4) is 0 Å². The molecule has 128 valence electrons. The lowest BCUT2D eigenvalue weighted by molar-refractivity contribution is 0.454. The maximum absolute atomic E-state index is 12.4. The van der Waals surface area contributed by atoms with Crippen molar-refractivity contribution < 1.29 is 13.5 Å². The van der Waals surface area contributed by atoms with E-state index in [9.17, 15) is 13.5 Å². The topological polar surface area (TPSA) is 57.6 Å². The highest BCUT2D eigenvalue weighted by Gasteiger charge is 2.32. The molecule has 0 radical (unpaired) electrons. The van der Waals surface area contributed by atoms with Crippen LogP contribution in [-0.2, 0) is 10.0 Å². The van der Waals surface area contributed by atoms with Crippen LogP contribution in [0.1, 0.15) is 69.6 Å². The van der Waals surface area contributed by atoms with Gasteiger partial charge in [-0.15, -0.1) is 0 Å². The molecule has 0 bridgehead atoms. The lowest BCUT2D eigenvalue weighted by atomic mass is 9.91. The lowest BCUT2D eigenvalue weighted by Crippen LogP contribution is -2.24. The second-order valence-corrected chi connectivity index (χ2v) is 8.71. The number of nitrogens with zero attached hydrogens (tertiary/aromatic N) is 1. The fourth-order valence-corrected chi connectivity index (χ4v) is 4.62. The first-order chi connectivity index (χ1) is 10.7. The third-order valence-corrected chi connectivity index (χ3v) is 6.50. The molecular weight excluding hydrogens is 310 g/mol. The summed E-state index contributed by atoms with van der Waals surface area (Å²) in [6.45, 7) is 11.0. The Morgan fingerprint density at radius 2 is 1.70 bits per heavy atom. The van der Waals surface area contributed by atoms with Crippen LogP contribution >= 0.6 is 0 Å². The van der Waals surface area contributed by atoms with Gasteiger partial charge in [0.2, 0.25) is 10.0 Å². The first kappa shape index (κ1) is 18.0. The highest BCUT2D eigenvalue weighted by atomic mass is 32.2. The summed E-state index contributed by atoms with van der Waals surface area (Å²) < 4.78 is 26.4. The predicted octanol–water partition coefficient (Wildman–Crippen LogP) is 4.04. The largest absolute Gasteiger partial charge is 0.507 e. The molecule has 1 aliphatic rings. The molecule has 0 aliphatic carbocycles. The Morgan fingerprint density at radius 3 is 2.09 bits per heavy atom. The van der Waals surface area contributed by atoms with E-state index in [-0.39, 0.29) is 11.8 Å². The molecule has 1 N–H and O–H groups in total. The van der Waals surface area contributed by atoms with E-state index in [4.69, 9.17) is 0 Å². The Kier molecular flexibility index (Phi) is 5.21. The number of benzene rings is 1. The number of phenolic OH excluding ortho intramolecular Hbond substituents is 1. The summed E-state index contributed by atoms with van der Waals surface area (Å²) in [5, 5.41) is 10.5. The third-order valence-electron chi connectivity index (χ3n) is 4.39. The van der Waals surface area contributed by atoms with Gasteiger partial charge in [0.1, 0.15) is 5.75 Å². The zero-order valence-electron chi connectivity index (χ0n) is 14.6. The van der Waals surface area contributed by atoms with Gasteiger partial charge in [-0.25, -0.2) is 8.42 Å². The summed E-state index contributed by atoms with van der Waals surface area (Å²) >= 11 is 0.